The van der Waals surface area contributed by atoms with Gasteiger partial charge in [-0.05, 0) is 30.3 Å². The van der Waals surface area contributed by atoms with Gasteiger partial charge in [-0.25, -0.2) is 9.38 Å². The maximum Gasteiger partial charge on any atom is 0.231 e. The highest BCUT2D eigenvalue weighted by molar-refractivity contribution is 6.31. The van der Waals surface area contributed by atoms with E-state index in [-0.39, 0.29) is 17.8 Å². The van der Waals surface area contributed by atoms with Crippen LogP contribution in [0.1, 0.15) is 11.1 Å². The Kier molecular flexibility index (Phi) is 5.46. The molecule has 1 saturated heterocycles. The van der Waals surface area contributed by atoms with Crippen LogP contribution in [0.5, 0.6) is 0 Å². The summed E-state index contributed by atoms with van der Waals surface area (Å²) in [5.41, 5.74) is 1.82. The van der Waals surface area contributed by atoms with Gasteiger partial charge in [-0.3, -0.25) is 0 Å². The summed E-state index contributed by atoms with van der Waals surface area (Å²) < 4.78 is 21.1. The summed E-state index contributed by atoms with van der Waals surface area (Å²) in [6.07, 6.45) is 0.841. The van der Waals surface area contributed by atoms with Crippen molar-refractivity contribution in [2.24, 2.45) is 10.1 Å². The maximum absolute atomic E-state index is 14.5. The van der Waals surface area contributed by atoms with Crippen molar-refractivity contribution in [3.8, 4) is 0 Å². The van der Waals surface area contributed by atoms with E-state index in [1.165, 1.54) is 12.4 Å². The van der Waals surface area contributed by atoms with Gasteiger partial charge in [0, 0.05) is 11.6 Å². The molecule has 1 N–H and O–H groups in total. The molecule has 0 aliphatic carbocycles. The maximum atomic E-state index is 14.5. The number of benzene rings is 2. The van der Waals surface area contributed by atoms with Crippen LogP contribution < -0.4 is 0 Å². The number of fused-ring (bicyclic) bond motifs is 1. The third-order valence-electron chi connectivity index (χ3n) is 4.85. The molecule has 1 atom stereocenters. The molecule has 9 heteroatoms. The molecule has 2 heterocycles. The van der Waals surface area contributed by atoms with Crippen molar-refractivity contribution in [2.75, 3.05) is 26.2 Å². The molecule has 2 aliphatic rings. The van der Waals surface area contributed by atoms with Gasteiger partial charge in [-0.15, -0.1) is 0 Å². The second-order valence-electron chi connectivity index (χ2n) is 6.71. The number of hydrogen-bond acceptors (Lipinski definition) is 5. The lowest BCUT2D eigenvalue weighted by Crippen LogP contribution is -2.47. The number of hydrogen-bond donors (Lipinski definition) is 1. The molecule has 2 aliphatic heterocycles. The molecule has 0 radical (unpaired) electrons. The number of ether oxygens (including phenoxy) is 1. The van der Waals surface area contributed by atoms with Crippen molar-refractivity contribution in [1.29, 1.82) is 0 Å². The summed E-state index contributed by atoms with van der Waals surface area (Å²) in [6, 6.07) is 11.1. The SMILES string of the molecule is [O-][N+]1=C(c2ccccc2F)c2cc(Cl)ccc2N=C(C2CN(/C=N\O)CCO2)C1. The van der Waals surface area contributed by atoms with Crippen molar-refractivity contribution >= 4 is 35.1 Å². The van der Waals surface area contributed by atoms with Gasteiger partial charge < -0.3 is 20.1 Å². The standard InChI is InChI=1S/C20H18ClFN4O3/c21-13-5-6-17-15(9-13)20(14-3-1-2-4-16(14)22)26(28)10-18(24-17)19-11-25(12-23-27)7-8-29-19/h1-6,9,12,19,27H,7-8,10-11H2/b23-12-. The summed E-state index contributed by atoms with van der Waals surface area (Å²) in [7, 11) is 0. The molecule has 0 spiro atoms. The van der Waals surface area contributed by atoms with E-state index in [1.807, 2.05) is 0 Å². The van der Waals surface area contributed by atoms with E-state index in [0.717, 1.165) is 4.74 Å². The van der Waals surface area contributed by atoms with Crippen molar-refractivity contribution in [2.45, 2.75) is 6.10 Å². The largest absolute Gasteiger partial charge is 0.623 e. The average molecular weight is 417 g/mol. The number of nitrogens with zero attached hydrogens (tertiary/aromatic N) is 4. The Balaban J connectivity index is 1.81. The fraction of sp³-hybridized carbons (Fsp3) is 0.250. The molecule has 7 nitrogen and oxygen atoms in total. The lowest BCUT2D eigenvalue weighted by Gasteiger charge is -2.31. The first-order chi connectivity index (χ1) is 14.1. The van der Waals surface area contributed by atoms with Gasteiger partial charge in [0.05, 0.1) is 30.0 Å². The third-order valence-corrected chi connectivity index (χ3v) is 5.08. The number of aliphatic imine (C=N–C) groups is 1. The summed E-state index contributed by atoms with van der Waals surface area (Å²) in [4.78, 5) is 6.45. The van der Waals surface area contributed by atoms with Crippen molar-refractivity contribution in [3.63, 3.8) is 0 Å². The zero-order valence-corrected chi connectivity index (χ0v) is 16.1. The normalized spacial score (nSPS) is 19.9. The molecule has 150 valence electrons. The number of oxime groups is 1. The zero-order valence-electron chi connectivity index (χ0n) is 15.3. The second-order valence-corrected chi connectivity index (χ2v) is 7.15. The first-order valence-corrected chi connectivity index (χ1v) is 9.41. The summed E-state index contributed by atoms with van der Waals surface area (Å²) >= 11 is 6.16. The second kappa shape index (κ2) is 8.18. The lowest BCUT2D eigenvalue weighted by atomic mass is 10.00. The van der Waals surface area contributed by atoms with E-state index >= 15 is 0 Å². The summed E-state index contributed by atoms with van der Waals surface area (Å²) in [6.45, 7) is 1.25. The van der Waals surface area contributed by atoms with Crippen LogP contribution in [0.3, 0.4) is 0 Å². The van der Waals surface area contributed by atoms with Gasteiger partial charge in [0.25, 0.3) is 0 Å². The lowest BCUT2D eigenvalue weighted by molar-refractivity contribution is -0.439. The van der Waals surface area contributed by atoms with Crippen LogP contribution in [-0.4, -0.2) is 65.0 Å². The predicted molar refractivity (Wildman–Crippen MR) is 108 cm³/mol. The molecule has 0 bridgehead atoms. The van der Waals surface area contributed by atoms with Crippen LogP contribution in [0.2, 0.25) is 5.02 Å². The van der Waals surface area contributed by atoms with Crippen LogP contribution in [0.4, 0.5) is 10.1 Å². The predicted octanol–water partition coefficient (Wildman–Crippen LogP) is 3.03. The molecule has 1 fully saturated rings. The Bertz CT molecular complexity index is 1020. The molecular weight excluding hydrogens is 399 g/mol. The topological polar surface area (TPSA) is 83.5 Å². The minimum Gasteiger partial charge on any atom is -0.623 e. The highest BCUT2D eigenvalue weighted by Crippen LogP contribution is 2.30. The van der Waals surface area contributed by atoms with E-state index in [1.54, 1.807) is 41.3 Å². The van der Waals surface area contributed by atoms with Gasteiger partial charge in [0.15, 0.2) is 6.54 Å². The fourth-order valence-electron chi connectivity index (χ4n) is 3.50. The van der Waals surface area contributed by atoms with Crippen molar-refractivity contribution in [3.05, 3.63) is 69.6 Å². The number of halogens is 2. The molecular formula is C20H18ClFN4O3. The van der Waals surface area contributed by atoms with Crippen LogP contribution in [0, 0.1) is 11.0 Å². The van der Waals surface area contributed by atoms with Crippen LogP contribution in [0.15, 0.2) is 52.6 Å². The Hall–Kier alpha value is -2.97. The minimum atomic E-state index is -0.503. The van der Waals surface area contributed by atoms with Gasteiger partial charge >= 0.3 is 0 Å². The van der Waals surface area contributed by atoms with Crippen LogP contribution >= 0.6 is 11.6 Å². The molecule has 4 rings (SSSR count). The number of morpholine rings is 1. The van der Waals surface area contributed by atoms with E-state index in [4.69, 9.17) is 21.5 Å². The van der Waals surface area contributed by atoms with E-state index in [9.17, 15) is 9.60 Å². The Morgan fingerprint density at radius 3 is 2.93 bits per heavy atom. The van der Waals surface area contributed by atoms with E-state index < -0.39 is 11.9 Å². The van der Waals surface area contributed by atoms with Gasteiger partial charge in [0.1, 0.15) is 24.0 Å². The minimum absolute atomic E-state index is 0.0925. The summed E-state index contributed by atoms with van der Waals surface area (Å²) in [5, 5.41) is 25.4. The van der Waals surface area contributed by atoms with Crippen molar-refractivity contribution < 1.29 is 19.1 Å². The Morgan fingerprint density at radius 2 is 2.14 bits per heavy atom. The monoisotopic (exact) mass is 416 g/mol. The highest BCUT2D eigenvalue weighted by Gasteiger charge is 2.32. The van der Waals surface area contributed by atoms with Crippen molar-refractivity contribution in [1.82, 2.24) is 4.90 Å². The first-order valence-electron chi connectivity index (χ1n) is 9.04. The van der Waals surface area contributed by atoms with Crippen LogP contribution in [0.25, 0.3) is 0 Å². The molecule has 0 aromatic heterocycles. The molecule has 2 aromatic carbocycles. The Morgan fingerprint density at radius 1 is 1.31 bits per heavy atom. The quantitative estimate of drug-likeness (QED) is 0.208. The molecule has 29 heavy (non-hydrogen) atoms. The smallest absolute Gasteiger partial charge is 0.231 e. The van der Waals surface area contributed by atoms with Gasteiger partial charge in [0.2, 0.25) is 5.71 Å². The zero-order chi connectivity index (χ0) is 20.4. The number of rotatable bonds is 3. The fourth-order valence-corrected chi connectivity index (χ4v) is 3.67. The van der Waals surface area contributed by atoms with E-state index in [0.29, 0.717) is 41.7 Å². The molecule has 1 unspecified atom stereocenters. The third kappa shape index (κ3) is 3.94. The number of hydroxylamine groups is 1. The summed E-state index contributed by atoms with van der Waals surface area (Å²) in [5.74, 6) is -0.503. The molecule has 0 amide bonds. The van der Waals surface area contributed by atoms with Crippen LogP contribution in [-0.2, 0) is 4.74 Å². The molecule has 2 aromatic rings. The van der Waals surface area contributed by atoms with E-state index in [2.05, 4.69) is 10.1 Å². The first kappa shape index (κ1) is 19.4. The van der Waals surface area contributed by atoms with Gasteiger partial charge in [-0.2, -0.15) is 4.74 Å². The van der Waals surface area contributed by atoms with Gasteiger partial charge in [-0.1, -0.05) is 28.9 Å². The molecule has 0 saturated carbocycles. The highest BCUT2D eigenvalue weighted by atomic mass is 35.5. The average Bonchev–Trinajstić information content (AvgIpc) is 2.85. The Labute approximate surface area is 171 Å².